The van der Waals surface area contributed by atoms with E-state index in [1.54, 1.807) is 24.4 Å². The topological polar surface area (TPSA) is 77.8 Å². The highest BCUT2D eigenvalue weighted by molar-refractivity contribution is 9.11. The Labute approximate surface area is 141 Å². The fourth-order valence-corrected chi connectivity index (χ4v) is 3.15. The highest BCUT2D eigenvalue weighted by atomic mass is 79.9. The minimum Gasteiger partial charge on any atom is -0.399 e. The van der Waals surface area contributed by atoms with Crippen LogP contribution >= 0.6 is 43.5 Å². The van der Waals surface area contributed by atoms with Crippen molar-refractivity contribution in [3.8, 4) is 23.0 Å². The van der Waals surface area contributed by atoms with E-state index in [4.69, 9.17) is 21.9 Å². The van der Waals surface area contributed by atoms with E-state index >= 15 is 0 Å². The molecule has 3 rings (SSSR count). The van der Waals surface area contributed by atoms with Crippen molar-refractivity contribution in [2.75, 3.05) is 5.73 Å². The minimum atomic E-state index is 0.312. The smallest absolute Gasteiger partial charge is 0.259 e. The van der Waals surface area contributed by atoms with Crippen molar-refractivity contribution >= 4 is 49.1 Å². The molecule has 0 amide bonds. The van der Waals surface area contributed by atoms with Crippen LogP contribution in [0.4, 0.5) is 5.69 Å². The molecule has 0 fully saturated rings. The predicted octanol–water partition coefficient (Wildman–Crippen LogP) is 4.56. The summed E-state index contributed by atoms with van der Waals surface area (Å²) in [5.74, 6) is 0.684. The number of anilines is 1. The zero-order valence-electron chi connectivity index (χ0n) is 10.3. The van der Waals surface area contributed by atoms with E-state index in [0.717, 1.165) is 8.95 Å². The van der Waals surface area contributed by atoms with E-state index in [-0.39, 0.29) is 0 Å². The SMILES string of the molecule is Nc1ccc(-c2nc(-c3ncc(Br)cc3Br)no2)c(Cl)c1. The third-order valence-electron chi connectivity index (χ3n) is 2.67. The molecule has 2 aromatic heterocycles. The first-order chi connectivity index (χ1) is 10.0. The number of benzene rings is 1. The van der Waals surface area contributed by atoms with E-state index in [9.17, 15) is 0 Å². The van der Waals surface area contributed by atoms with Gasteiger partial charge in [0, 0.05) is 20.8 Å². The Balaban J connectivity index is 2.03. The van der Waals surface area contributed by atoms with Gasteiger partial charge in [-0.3, -0.25) is 4.98 Å². The molecule has 0 atom stereocenters. The average Bonchev–Trinajstić information content (AvgIpc) is 2.87. The van der Waals surface area contributed by atoms with Gasteiger partial charge < -0.3 is 10.3 Å². The lowest BCUT2D eigenvalue weighted by molar-refractivity contribution is 0.432. The Morgan fingerprint density at radius 3 is 2.71 bits per heavy atom. The molecule has 21 heavy (non-hydrogen) atoms. The van der Waals surface area contributed by atoms with Crippen LogP contribution in [0.2, 0.25) is 5.02 Å². The second kappa shape index (κ2) is 5.75. The average molecular weight is 430 g/mol. The van der Waals surface area contributed by atoms with Gasteiger partial charge in [0.2, 0.25) is 5.82 Å². The summed E-state index contributed by atoms with van der Waals surface area (Å²) in [4.78, 5) is 8.58. The summed E-state index contributed by atoms with van der Waals surface area (Å²) in [6, 6.07) is 6.95. The zero-order valence-corrected chi connectivity index (χ0v) is 14.3. The normalized spacial score (nSPS) is 10.8. The first-order valence-corrected chi connectivity index (χ1v) is 7.71. The second-order valence-corrected chi connectivity index (χ2v) is 6.32. The lowest BCUT2D eigenvalue weighted by atomic mass is 10.2. The number of nitrogens with zero attached hydrogens (tertiary/aromatic N) is 3. The van der Waals surface area contributed by atoms with Crippen LogP contribution in [0.3, 0.4) is 0 Å². The molecule has 3 aromatic rings. The first kappa shape index (κ1) is 14.5. The molecule has 0 aliphatic rings. The van der Waals surface area contributed by atoms with Crippen molar-refractivity contribution in [2.45, 2.75) is 0 Å². The van der Waals surface area contributed by atoms with Crippen LogP contribution in [0.5, 0.6) is 0 Å². The Morgan fingerprint density at radius 2 is 2.00 bits per heavy atom. The van der Waals surface area contributed by atoms with Gasteiger partial charge in [-0.15, -0.1) is 0 Å². The number of aromatic nitrogens is 3. The Bertz CT molecular complexity index is 756. The molecule has 0 saturated carbocycles. The lowest BCUT2D eigenvalue weighted by Gasteiger charge is -1.99. The Morgan fingerprint density at radius 1 is 1.19 bits per heavy atom. The minimum absolute atomic E-state index is 0.312. The number of nitrogen functional groups attached to an aromatic ring is 1. The summed E-state index contributed by atoms with van der Waals surface area (Å²) in [5, 5.41) is 4.38. The van der Waals surface area contributed by atoms with Gasteiger partial charge in [-0.1, -0.05) is 16.8 Å². The van der Waals surface area contributed by atoms with Crippen molar-refractivity contribution in [2.24, 2.45) is 0 Å². The predicted molar refractivity (Wildman–Crippen MR) is 87.8 cm³/mol. The van der Waals surface area contributed by atoms with Crippen LogP contribution in [0.15, 0.2) is 43.9 Å². The van der Waals surface area contributed by atoms with Gasteiger partial charge in [-0.05, 0) is 56.1 Å². The van der Waals surface area contributed by atoms with Crippen LogP contribution in [0.1, 0.15) is 0 Å². The summed E-state index contributed by atoms with van der Waals surface area (Å²) in [6.07, 6.45) is 1.66. The fourth-order valence-electron chi connectivity index (χ4n) is 1.71. The molecule has 8 heteroatoms. The van der Waals surface area contributed by atoms with Crippen molar-refractivity contribution in [3.05, 3.63) is 44.4 Å². The van der Waals surface area contributed by atoms with E-state index in [2.05, 4.69) is 47.0 Å². The number of hydrogen-bond donors (Lipinski definition) is 1. The molecule has 2 heterocycles. The standard InChI is InChI=1S/C13H7Br2ClN4O/c14-6-3-9(15)11(18-5-6)12-19-13(21-20-12)8-2-1-7(17)4-10(8)16/h1-5H,17H2. The van der Waals surface area contributed by atoms with Crippen LogP contribution in [0, 0.1) is 0 Å². The largest absolute Gasteiger partial charge is 0.399 e. The third kappa shape index (κ3) is 2.95. The molecule has 5 nitrogen and oxygen atoms in total. The summed E-state index contributed by atoms with van der Waals surface area (Å²) >= 11 is 12.9. The van der Waals surface area contributed by atoms with Crippen LogP contribution < -0.4 is 5.73 Å². The molecule has 106 valence electrons. The Kier molecular flexibility index (Phi) is 3.97. The van der Waals surface area contributed by atoms with E-state index in [0.29, 0.717) is 33.7 Å². The van der Waals surface area contributed by atoms with Crippen molar-refractivity contribution in [3.63, 3.8) is 0 Å². The number of nitrogens with two attached hydrogens (primary N) is 1. The highest BCUT2D eigenvalue weighted by Gasteiger charge is 2.16. The van der Waals surface area contributed by atoms with E-state index < -0.39 is 0 Å². The molecule has 0 saturated heterocycles. The molecule has 2 N–H and O–H groups in total. The number of rotatable bonds is 2. The summed E-state index contributed by atoms with van der Waals surface area (Å²) < 4.78 is 6.86. The van der Waals surface area contributed by atoms with Gasteiger partial charge in [0.15, 0.2) is 0 Å². The van der Waals surface area contributed by atoms with Gasteiger partial charge in [-0.25, -0.2) is 0 Å². The molecule has 0 spiro atoms. The molecule has 1 aromatic carbocycles. The van der Waals surface area contributed by atoms with Crippen LogP contribution in [-0.4, -0.2) is 15.1 Å². The van der Waals surface area contributed by atoms with Gasteiger partial charge in [-0.2, -0.15) is 4.98 Å². The molecular weight excluding hydrogens is 423 g/mol. The molecular formula is C13H7Br2ClN4O. The molecule has 0 bridgehead atoms. The highest BCUT2D eigenvalue weighted by Crippen LogP contribution is 2.31. The summed E-state index contributed by atoms with van der Waals surface area (Å²) in [5.41, 5.74) is 7.44. The maximum Gasteiger partial charge on any atom is 0.259 e. The maximum absolute atomic E-state index is 6.13. The first-order valence-electron chi connectivity index (χ1n) is 5.75. The molecule has 0 aliphatic heterocycles. The van der Waals surface area contributed by atoms with Crippen molar-refractivity contribution in [1.29, 1.82) is 0 Å². The van der Waals surface area contributed by atoms with Crippen molar-refractivity contribution < 1.29 is 4.52 Å². The molecule has 0 unspecified atom stereocenters. The van der Waals surface area contributed by atoms with Crippen LogP contribution in [-0.2, 0) is 0 Å². The quantitative estimate of drug-likeness (QED) is 0.603. The van der Waals surface area contributed by atoms with E-state index in [1.807, 2.05) is 6.07 Å². The summed E-state index contributed by atoms with van der Waals surface area (Å²) in [7, 11) is 0. The molecule has 0 radical (unpaired) electrons. The second-order valence-electron chi connectivity index (χ2n) is 4.15. The molecule has 0 aliphatic carbocycles. The zero-order chi connectivity index (χ0) is 15.0. The third-order valence-corrected chi connectivity index (χ3v) is 4.02. The van der Waals surface area contributed by atoms with Gasteiger partial charge >= 0.3 is 0 Å². The van der Waals surface area contributed by atoms with Crippen LogP contribution in [0.25, 0.3) is 23.0 Å². The van der Waals surface area contributed by atoms with Gasteiger partial charge in [0.05, 0.1) is 10.6 Å². The van der Waals surface area contributed by atoms with Gasteiger partial charge in [0.25, 0.3) is 5.89 Å². The van der Waals surface area contributed by atoms with E-state index in [1.165, 1.54) is 0 Å². The maximum atomic E-state index is 6.13. The number of hydrogen-bond acceptors (Lipinski definition) is 5. The number of pyridine rings is 1. The monoisotopic (exact) mass is 428 g/mol. The Hall–Kier alpha value is -1.44. The van der Waals surface area contributed by atoms with Gasteiger partial charge in [0.1, 0.15) is 5.69 Å². The number of halogens is 3. The fraction of sp³-hybridized carbons (Fsp3) is 0. The summed E-state index contributed by atoms with van der Waals surface area (Å²) in [6.45, 7) is 0. The van der Waals surface area contributed by atoms with Crippen molar-refractivity contribution in [1.82, 2.24) is 15.1 Å². The lowest BCUT2D eigenvalue weighted by Crippen LogP contribution is -1.88.